The summed E-state index contributed by atoms with van der Waals surface area (Å²) in [4.78, 5) is 26.4. The van der Waals surface area contributed by atoms with Crippen LogP contribution in [0.2, 0.25) is 0 Å². The van der Waals surface area contributed by atoms with Gasteiger partial charge < -0.3 is 20.3 Å². The maximum Gasteiger partial charge on any atom is 0.246 e. The monoisotopic (exact) mass is 428 g/mol. The van der Waals surface area contributed by atoms with E-state index in [2.05, 4.69) is 39.2 Å². The first-order valence-electron chi connectivity index (χ1n) is 10.3. The van der Waals surface area contributed by atoms with Crippen molar-refractivity contribution in [1.29, 1.82) is 0 Å². The summed E-state index contributed by atoms with van der Waals surface area (Å²) in [6.45, 7) is 11.3. The molecule has 2 fully saturated rings. The highest BCUT2D eigenvalue weighted by atomic mass is 32.1. The second-order valence-electron chi connectivity index (χ2n) is 7.65. The van der Waals surface area contributed by atoms with Crippen molar-refractivity contribution in [2.24, 2.45) is 0 Å². The van der Waals surface area contributed by atoms with Crippen LogP contribution < -0.4 is 10.6 Å². The molecule has 2 aromatic rings. The molecule has 2 aromatic heterocycles. The van der Waals surface area contributed by atoms with Gasteiger partial charge in [-0.25, -0.2) is 9.97 Å². The molecule has 4 rings (SSSR count). The fourth-order valence-corrected chi connectivity index (χ4v) is 4.44. The lowest BCUT2D eigenvalue weighted by Crippen LogP contribution is -2.35. The zero-order chi connectivity index (χ0) is 20.9. The number of morpholine rings is 1. The topological polar surface area (TPSA) is 82.6 Å². The highest BCUT2D eigenvalue weighted by Gasteiger charge is 2.25. The van der Waals surface area contributed by atoms with Gasteiger partial charge in [-0.1, -0.05) is 6.58 Å². The van der Waals surface area contributed by atoms with E-state index in [4.69, 9.17) is 9.72 Å². The fraction of sp³-hybridized carbons (Fsp3) is 0.476. The van der Waals surface area contributed by atoms with Gasteiger partial charge in [-0.2, -0.15) is 0 Å². The van der Waals surface area contributed by atoms with Crippen molar-refractivity contribution in [1.82, 2.24) is 19.8 Å². The molecule has 4 heterocycles. The number of hydrogen-bond donors (Lipinski definition) is 2. The molecular formula is C21H28N6O2S. The molecule has 0 spiro atoms. The Balaban J connectivity index is 1.50. The molecule has 1 unspecified atom stereocenters. The van der Waals surface area contributed by atoms with E-state index >= 15 is 0 Å². The highest BCUT2D eigenvalue weighted by molar-refractivity contribution is 7.15. The van der Waals surface area contributed by atoms with Gasteiger partial charge in [0.05, 0.1) is 13.2 Å². The minimum Gasteiger partial charge on any atom is -0.379 e. The SMILES string of the molecule is C=CC(=O)N1CCC(Nc2cc(CN3CCOCC3)cc(Nc3ncc(C)s3)n2)C1. The first-order valence-corrected chi connectivity index (χ1v) is 11.1. The molecule has 160 valence electrons. The van der Waals surface area contributed by atoms with Crippen LogP contribution in [0.5, 0.6) is 0 Å². The number of carbonyl (C=O) groups is 1. The number of aromatic nitrogens is 2. The van der Waals surface area contributed by atoms with Crippen LogP contribution in [0.3, 0.4) is 0 Å². The summed E-state index contributed by atoms with van der Waals surface area (Å²) in [6, 6.07) is 4.36. The summed E-state index contributed by atoms with van der Waals surface area (Å²) in [6.07, 6.45) is 4.12. The Kier molecular flexibility index (Phi) is 6.61. The summed E-state index contributed by atoms with van der Waals surface area (Å²) >= 11 is 1.61. The van der Waals surface area contributed by atoms with Crippen molar-refractivity contribution in [2.45, 2.75) is 25.9 Å². The number of aryl methyl sites for hydroxylation is 1. The number of nitrogens with zero attached hydrogens (tertiary/aromatic N) is 4. The largest absolute Gasteiger partial charge is 0.379 e. The molecule has 0 aliphatic carbocycles. The van der Waals surface area contributed by atoms with Crippen molar-refractivity contribution in [3.8, 4) is 0 Å². The Morgan fingerprint density at radius 3 is 2.87 bits per heavy atom. The first kappa shape index (κ1) is 20.8. The maximum absolute atomic E-state index is 11.9. The molecule has 1 amide bonds. The van der Waals surface area contributed by atoms with Gasteiger partial charge >= 0.3 is 0 Å². The average Bonchev–Trinajstić information content (AvgIpc) is 3.37. The quantitative estimate of drug-likeness (QED) is 0.656. The average molecular weight is 429 g/mol. The number of thiazole rings is 1. The summed E-state index contributed by atoms with van der Waals surface area (Å²) in [7, 11) is 0. The van der Waals surface area contributed by atoms with Crippen LogP contribution in [0.1, 0.15) is 16.9 Å². The Labute approximate surface area is 181 Å². The van der Waals surface area contributed by atoms with Gasteiger partial charge in [0.15, 0.2) is 5.13 Å². The number of ether oxygens (including phenoxy) is 1. The van der Waals surface area contributed by atoms with Crippen LogP contribution >= 0.6 is 11.3 Å². The molecule has 8 nitrogen and oxygen atoms in total. The van der Waals surface area contributed by atoms with Crippen LogP contribution in [-0.4, -0.2) is 71.1 Å². The lowest BCUT2D eigenvalue weighted by molar-refractivity contribution is -0.125. The number of amides is 1. The number of pyridine rings is 1. The van der Waals surface area contributed by atoms with Crippen molar-refractivity contribution < 1.29 is 9.53 Å². The summed E-state index contributed by atoms with van der Waals surface area (Å²) in [5, 5.41) is 7.69. The van der Waals surface area contributed by atoms with Crippen molar-refractivity contribution >= 4 is 34.0 Å². The molecule has 0 bridgehead atoms. The number of likely N-dealkylation sites (tertiary alicyclic amines) is 1. The molecule has 30 heavy (non-hydrogen) atoms. The first-order chi connectivity index (χ1) is 14.6. The number of anilines is 3. The summed E-state index contributed by atoms with van der Waals surface area (Å²) < 4.78 is 5.47. The molecule has 0 radical (unpaired) electrons. The molecule has 9 heteroatoms. The van der Waals surface area contributed by atoms with Crippen molar-refractivity contribution in [2.75, 3.05) is 50.0 Å². The second-order valence-corrected chi connectivity index (χ2v) is 8.89. The number of carbonyl (C=O) groups excluding carboxylic acids is 1. The van der Waals surface area contributed by atoms with Crippen LogP contribution in [0.25, 0.3) is 0 Å². The zero-order valence-electron chi connectivity index (χ0n) is 17.3. The van der Waals surface area contributed by atoms with Crippen LogP contribution in [0, 0.1) is 6.92 Å². The summed E-state index contributed by atoms with van der Waals surface area (Å²) in [5.74, 6) is 1.57. The minimum absolute atomic E-state index is 0.0187. The number of nitrogens with one attached hydrogen (secondary N) is 2. The molecule has 1 atom stereocenters. The number of hydrogen-bond acceptors (Lipinski definition) is 8. The van der Waals surface area contributed by atoms with E-state index in [1.165, 1.54) is 11.6 Å². The summed E-state index contributed by atoms with van der Waals surface area (Å²) in [5.41, 5.74) is 1.18. The van der Waals surface area contributed by atoms with E-state index in [-0.39, 0.29) is 11.9 Å². The Hall–Kier alpha value is -2.49. The predicted molar refractivity (Wildman–Crippen MR) is 119 cm³/mol. The Bertz CT molecular complexity index is 895. The van der Waals surface area contributed by atoms with E-state index in [1.54, 1.807) is 11.3 Å². The Morgan fingerprint density at radius 2 is 2.13 bits per heavy atom. The van der Waals surface area contributed by atoms with Crippen LogP contribution in [0.15, 0.2) is 31.0 Å². The van der Waals surface area contributed by atoms with Crippen LogP contribution in [-0.2, 0) is 16.1 Å². The fourth-order valence-electron chi connectivity index (χ4n) is 3.77. The van der Waals surface area contributed by atoms with Gasteiger partial charge in [-0.3, -0.25) is 9.69 Å². The lowest BCUT2D eigenvalue weighted by Gasteiger charge is -2.27. The van der Waals surface area contributed by atoms with E-state index in [1.807, 2.05) is 18.0 Å². The normalized spacial score (nSPS) is 19.6. The van der Waals surface area contributed by atoms with E-state index < -0.39 is 0 Å². The zero-order valence-corrected chi connectivity index (χ0v) is 18.1. The van der Waals surface area contributed by atoms with Gasteiger partial charge in [0.1, 0.15) is 11.6 Å². The van der Waals surface area contributed by atoms with Gasteiger partial charge in [-0.15, -0.1) is 11.3 Å². The van der Waals surface area contributed by atoms with Gasteiger partial charge in [-0.05, 0) is 37.1 Å². The standard InChI is InChI=1S/C21H28N6O2S/c1-3-20(28)27-5-4-17(14-27)23-18-10-16(13-26-6-8-29-9-7-26)11-19(24-18)25-21-22-12-15(2)30-21/h3,10-12,17H,1,4-9,13-14H2,2H3,(H2,22,23,24,25). The number of rotatable bonds is 7. The molecule has 0 aromatic carbocycles. The smallest absolute Gasteiger partial charge is 0.246 e. The molecule has 2 saturated heterocycles. The molecule has 2 aliphatic rings. The van der Waals surface area contributed by atoms with Gasteiger partial charge in [0.2, 0.25) is 5.91 Å². The molecular weight excluding hydrogens is 400 g/mol. The third-order valence-corrected chi connectivity index (χ3v) is 6.11. The third-order valence-electron chi connectivity index (χ3n) is 5.28. The second kappa shape index (κ2) is 9.55. The predicted octanol–water partition coefficient (Wildman–Crippen LogP) is 2.62. The van der Waals surface area contributed by atoms with E-state index in [0.29, 0.717) is 6.54 Å². The van der Waals surface area contributed by atoms with Crippen molar-refractivity contribution in [3.63, 3.8) is 0 Å². The Morgan fingerprint density at radius 1 is 1.33 bits per heavy atom. The van der Waals surface area contributed by atoms with Crippen LogP contribution in [0.4, 0.5) is 16.8 Å². The maximum atomic E-state index is 11.9. The lowest BCUT2D eigenvalue weighted by atomic mass is 10.2. The highest BCUT2D eigenvalue weighted by Crippen LogP contribution is 2.25. The van der Waals surface area contributed by atoms with Crippen molar-refractivity contribution in [3.05, 3.63) is 41.4 Å². The van der Waals surface area contributed by atoms with E-state index in [9.17, 15) is 4.79 Å². The minimum atomic E-state index is -0.0187. The third kappa shape index (κ3) is 5.35. The molecule has 0 saturated carbocycles. The van der Waals surface area contributed by atoms with Gasteiger partial charge in [0, 0.05) is 49.8 Å². The molecule has 2 aliphatic heterocycles. The van der Waals surface area contributed by atoms with Gasteiger partial charge in [0.25, 0.3) is 0 Å². The van der Waals surface area contributed by atoms with E-state index in [0.717, 1.165) is 67.5 Å². The molecule has 2 N–H and O–H groups in total.